The van der Waals surface area contributed by atoms with Gasteiger partial charge in [0, 0.05) is 11.4 Å². The highest BCUT2D eigenvalue weighted by Crippen LogP contribution is 2.33. The Bertz CT molecular complexity index is 1020. The van der Waals surface area contributed by atoms with Crippen molar-refractivity contribution in [1.82, 2.24) is 9.97 Å². The number of methoxy groups -OCH3 is 2. The van der Waals surface area contributed by atoms with Crippen molar-refractivity contribution in [3.05, 3.63) is 70.5 Å². The highest BCUT2D eigenvalue weighted by atomic mass is 16.6. The summed E-state index contributed by atoms with van der Waals surface area (Å²) in [7, 11) is 2.84. The first-order valence-corrected chi connectivity index (χ1v) is 8.37. The van der Waals surface area contributed by atoms with E-state index in [1.165, 1.54) is 25.6 Å². The molecule has 0 amide bonds. The number of benzene rings is 2. The van der Waals surface area contributed by atoms with Crippen LogP contribution < -0.4 is 15.4 Å². The van der Waals surface area contributed by atoms with E-state index in [-0.39, 0.29) is 17.3 Å². The Hall–Kier alpha value is -4.21. The summed E-state index contributed by atoms with van der Waals surface area (Å²) in [4.78, 5) is 30.6. The summed E-state index contributed by atoms with van der Waals surface area (Å²) in [6.45, 7) is 0. The van der Waals surface area contributed by atoms with E-state index in [1.807, 2.05) is 0 Å². The number of hydrogen-bond donors (Lipinski definition) is 2. The van der Waals surface area contributed by atoms with Gasteiger partial charge < -0.3 is 20.1 Å². The molecule has 0 saturated heterocycles. The van der Waals surface area contributed by atoms with Crippen molar-refractivity contribution < 1.29 is 19.2 Å². The molecule has 0 aliphatic carbocycles. The maximum atomic E-state index is 11.7. The molecule has 3 rings (SSSR count). The van der Waals surface area contributed by atoms with Crippen molar-refractivity contribution in [1.29, 1.82) is 0 Å². The number of rotatable bonds is 7. The monoisotopic (exact) mass is 395 g/mol. The Morgan fingerprint density at radius 1 is 0.931 bits per heavy atom. The zero-order valence-corrected chi connectivity index (χ0v) is 15.6. The molecular formula is C19H17N5O5. The first-order chi connectivity index (χ1) is 14.0. The number of ether oxygens (including phenoxy) is 2. The number of nitrogens with one attached hydrogen (secondary N) is 2. The molecule has 2 aromatic carbocycles. The number of carbonyl (C=O) groups is 1. The summed E-state index contributed by atoms with van der Waals surface area (Å²) in [5, 5.41) is 17.5. The molecule has 0 unspecified atom stereocenters. The van der Waals surface area contributed by atoms with Crippen LogP contribution in [0.2, 0.25) is 0 Å². The van der Waals surface area contributed by atoms with Gasteiger partial charge in [0.2, 0.25) is 11.6 Å². The van der Waals surface area contributed by atoms with Crippen LogP contribution in [0.1, 0.15) is 10.4 Å². The molecule has 29 heavy (non-hydrogen) atoms. The standard InChI is InChI=1S/C19H17N5O5/c1-28-15-9-7-14(8-10-15)23-18-16(24(26)27)17(20-11-21-18)22-13-5-3-12(4-6-13)19(25)29-2/h3-11H,1-2H3,(H2,20,21,22,23). The van der Waals surface area contributed by atoms with Gasteiger partial charge in [-0.3, -0.25) is 10.1 Å². The van der Waals surface area contributed by atoms with Gasteiger partial charge in [-0.2, -0.15) is 0 Å². The number of anilines is 4. The quantitative estimate of drug-likeness (QED) is 0.350. The molecular weight excluding hydrogens is 378 g/mol. The van der Waals surface area contributed by atoms with Crippen LogP contribution in [-0.2, 0) is 4.74 Å². The number of nitrogens with zero attached hydrogens (tertiary/aromatic N) is 3. The third kappa shape index (κ3) is 4.56. The van der Waals surface area contributed by atoms with Crippen molar-refractivity contribution in [2.45, 2.75) is 0 Å². The SMILES string of the molecule is COC(=O)c1ccc(Nc2ncnc(Nc3ccc(OC)cc3)c2[N+](=O)[O-])cc1. The number of carbonyl (C=O) groups excluding carboxylic acids is 1. The number of hydrogen-bond acceptors (Lipinski definition) is 9. The van der Waals surface area contributed by atoms with E-state index in [0.717, 1.165) is 0 Å². The molecule has 0 aliphatic heterocycles. The minimum Gasteiger partial charge on any atom is -0.497 e. The lowest BCUT2D eigenvalue weighted by molar-refractivity contribution is -0.383. The molecule has 0 bridgehead atoms. The second kappa shape index (κ2) is 8.65. The fourth-order valence-electron chi connectivity index (χ4n) is 2.49. The first kappa shape index (κ1) is 19.5. The Kier molecular flexibility index (Phi) is 5.83. The van der Waals surface area contributed by atoms with Crippen LogP contribution in [0, 0.1) is 10.1 Å². The van der Waals surface area contributed by atoms with Crippen LogP contribution in [0.15, 0.2) is 54.9 Å². The summed E-state index contributed by atoms with van der Waals surface area (Å²) >= 11 is 0. The van der Waals surface area contributed by atoms with Gasteiger partial charge in [0.1, 0.15) is 12.1 Å². The summed E-state index contributed by atoms with van der Waals surface area (Å²) in [6.07, 6.45) is 1.21. The molecule has 0 saturated carbocycles. The Morgan fingerprint density at radius 2 is 1.45 bits per heavy atom. The average molecular weight is 395 g/mol. The number of esters is 1. The highest BCUT2D eigenvalue weighted by molar-refractivity contribution is 5.90. The van der Waals surface area contributed by atoms with Crippen molar-refractivity contribution in [2.24, 2.45) is 0 Å². The zero-order valence-electron chi connectivity index (χ0n) is 15.6. The number of nitro groups is 1. The predicted molar refractivity (Wildman–Crippen MR) is 106 cm³/mol. The van der Waals surface area contributed by atoms with Gasteiger partial charge in [0.05, 0.1) is 24.7 Å². The van der Waals surface area contributed by atoms with Gasteiger partial charge in [-0.25, -0.2) is 14.8 Å². The fraction of sp³-hybridized carbons (Fsp3) is 0.105. The van der Waals surface area contributed by atoms with Crippen LogP contribution in [0.4, 0.5) is 28.7 Å². The van der Waals surface area contributed by atoms with E-state index < -0.39 is 10.9 Å². The third-order valence-corrected chi connectivity index (χ3v) is 3.93. The van der Waals surface area contributed by atoms with Crippen molar-refractivity contribution in [2.75, 3.05) is 24.9 Å². The Morgan fingerprint density at radius 3 is 1.90 bits per heavy atom. The molecule has 1 heterocycles. The van der Waals surface area contributed by atoms with Crippen LogP contribution in [0.5, 0.6) is 5.75 Å². The van der Waals surface area contributed by atoms with Crippen molar-refractivity contribution in [3.63, 3.8) is 0 Å². The second-order valence-corrected chi connectivity index (χ2v) is 5.72. The van der Waals surface area contributed by atoms with Gasteiger partial charge in [-0.05, 0) is 48.5 Å². The van der Waals surface area contributed by atoms with Gasteiger partial charge in [-0.1, -0.05) is 0 Å². The van der Waals surface area contributed by atoms with Gasteiger partial charge in [-0.15, -0.1) is 0 Å². The molecule has 10 heteroatoms. The van der Waals surface area contributed by atoms with Crippen molar-refractivity contribution in [3.8, 4) is 5.75 Å². The van der Waals surface area contributed by atoms with E-state index in [0.29, 0.717) is 22.7 Å². The van der Waals surface area contributed by atoms with E-state index in [2.05, 4.69) is 25.3 Å². The van der Waals surface area contributed by atoms with Gasteiger partial charge >= 0.3 is 11.7 Å². The van der Waals surface area contributed by atoms with E-state index in [1.54, 1.807) is 43.5 Å². The lowest BCUT2D eigenvalue weighted by atomic mass is 10.2. The molecule has 0 atom stereocenters. The molecule has 148 valence electrons. The maximum absolute atomic E-state index is 11.7. The van der Waals surface area contributed by atoms with Gasteiger partial charge in [0.15, 0.2) is 0 Å². The van der Waals surface area contributed by atoms with Crippen LogP contribution in [0.3, 0.4) is 0 Å². The summed E-state index contributed by atoms with van der Waals surface area (Å²) in [5.74, 6) is 0.219. The molecule has 0 radical (unpaired) electrons. The molecule has 0 aliphatic rings. The fourth-order valence-corrected chi connectivity index (χ4v) is 2.49. The lowest BCUT2D eigenvalue weighted by Gasteiger charge is -2.11. The minimum absolute atomic E-state index is 0.00632. The van der Waals surface area contributed by atoms with E-state index >= 15 is 0 Å². The maximum Gasteiger partial charge on any atom is 0.353 e. The molecule has 1 aromatic heterocycles. The van der Waals surface area contributed by atoms with Crippen LogP contribution in [0.25, 0.3) is 0 Å². The third-order valence-electron chi connectivity index (χ3n) is 3.93. The lowest BCUT2D eigenvalue weighted by Crippen LogP contribution is -2.06. The van der Waals surface area contributed by atoms with Crippen LogP contribution in [-0.4, -0.2) is 35.1 Å². The van der Waals surface area contributed by atoms with Crippen molar-refractivity contribution >= 4 is 34.7 Å². The van der Waals surface area contributed by atoms with E-state index in [9.17, 15) is 14.9 Å². The summed E-state index contributed by atoms with van der Waals surface area (Å²) in [6, 6.07) is 13.1. The van der Waals surface area contributed by atoms with E-state index in [4.69, 9.17) is 4.74 Å². The molecule has 3 aromatic rings. The first-order valence-electron chi connectivity index (χ1n) is 8.37. The zero-order chi connectivity index (χ0) is 20.8. The Labute approximate surface area is 165 Å². The summed E-state index contributed by atoms with van der Waals surface area (Å²) < 4.78 is 9.74. The topological polar surface area (TPSA) is 129 Å². The smallest absolute Gasteiger partial charge is 0.353 e. The predicted octanol–water partition coefficient (Wildman–Crippen LogP) is 3.67. The average Bonchev–Trinajstić information content (AvgIpc) is 2.74. The highest BCUT2D eigenvalue weighted by Gasteiger charge is 2.23. The molecule has 0 fully saturated rings. The van der Waals surface area contributed by atoms with Crippen LogP contribution >= 0.6 is 0 Å². The van der Waals surface area contributed by atoms with Gasteiger partial charge in [0.25, 0.3) is 0 Å². The Balaban J connectivity index is 1.88. The largest absolute Gasteiger partial charge is 0.497 e. The molecule has 0 spiro atoms. The molecule has 10 nitrogen and oxygen atoms in total. The second-order valence-electron chi connectivity index (χ2n) is 5.72. The molecule has 2 N–H and O–H groups in total. The summed E-state index contributed by atoms with van der Waals surface area (Å²) in [5.41, 5.74) is 1.15. The number of aromatic nitrogens is 2. The normalized spacial score (nSPS) is 10.1. The minimum atomic E-state index is -0.572.